The van der Waals surface area contributed by atoms with Gasteiger partial charge in [0.25, 0.3) is 11.5 Å². The lowest BCUT2D eigenvalue weighted by atomic mass is 10.1. The highest BCUT2D eigenvalue weighted by molar-refractivity contribution is 6.31. The molecule has 0 saturated carbocycles. The van der Waals surface area contributed by atoms with Crippen LogP contribution >= 0.6 is 11.6 Å². The normalized spacial score (nSPS) is 11.6. The monoisotopic (exact) mass is 509 g/mol. The molecule has 4 aromatic rings. The van der Waals surface area contributed by atoms with Crippen LogP contribution in [-0.2, 0) is 13.1 Å². The number of Topliss-reactive ketones (excluding diaryl/α,β-unsaturated/α-hetero) is 1. The van der Waals surface area contributed by atoms with Crippen LogP contribution in [0.2, 0.25) is 5.02 Å². The Balaban J connectivity index is 1.92. The molecule has 2 heterocycles. The highest BCUT2D eigenvalue weighted by Crippen LogP contribution is 2.16. The Bertz CT molecular complexity index is 1600. The number of hydrogen-bond acceptors (Lipinski definition) is 5. The van der Waals surface area contributed by atoms with Crippen molar-refractivity contribution in [3.8, 4) is 0 Å². The number of aryl methyl sites for hydroxylation is 1. The van der Waals surface area contributed by atoms with Gasteiger partial charge in [-0.1, -0.05) is 37.6 Å². The first-order valence-corrected chi connectivity index (χ1v) is 12.2. The second-order valence-electron chi connectivity index (χ2n) is 9.51. The van der Waals surface area contributed by atoms with Crippen LogP contribution in [0.15, 0.2) is 52.1 Å². The van der Waals surface area contributed by atoms with Gasteiger partial charge in [0.15, 0.2) is 5.78 Å². The van der Waals surface area contributed by atoms with Crippen molar-refractivity contribution in [2.24, 2.45) is 5.92 Å². The van der Waals surface area contributed by atoms with E-state index in [1.807, 2.05) is 27.7 Å². The topological polar surface area (TPSA) is 107 Å². The maximum absolute atomic E-state index is 13.5. The Kier molecular flexibility index (Phi) is 7.12. The Morgan fingerprint density at radius 1 is 1.03 bits per heavy atom. The Morgan fingerprint density at radius 3 is 2.44 bits per heavy atom. The summed E-state index contributed by atoms with van der Waals surface area (Å²) in [7, 11) is 0. The predicted octanol–water partition coefficient (Wildman–Crippen LogP) is 3.53. The molecule has 188 valence electrons. The molecule has 1 amide bonds. The maximum atomic E-state index is 13.5. The van der Waals surface area contributed by atoms with E-state index in [2.05, 4.69) is 10.4 Å². The summed E-state index contributed by atoms with van der Waals surface area (Å²) in [6.07, 6.45) is 0.693. The minimum absolute atomic E-state index is 0.0831. The molecule has 1 N–H and O–H groups in total. The average molecular weight is 510 g/mol. The van der Waals surface area contributed by atoms with E-state index < -0.39 is 5.69 Å². The zero-order valence-electron chi connectivity index (χ0n) is 20.6. The summed E-state index contributed by atoms with van der Waals surface area (Å²) < 4.78 is 3.80. The lowest BCUT2D eigenvalue weighted by Crippen LogP contribution is -2.31. The second-order valence-corrected chi connectivity index (χ2v) is 9.94. The van der Waals surface area contributed by atoms with Gasteiger partial charge in [-0.15, -0.1) is 5.10 Å². The molecular weight excluding hydrogens is 482 g/mol. The van der Waals surface area contributed by atoms with Gasteiger partial charge in [0.2, 0.25) is 5.78 Å². The van der Waals surface area contributed by atoms with E-state index in [9.17, 15) is 19.2 Å². The molecular formula is C26H28ClN5O4. The van der Waals surface area contributed by atoms with E-state index in [0.29, 0.717) is 35.0 Å². The van der Waals surface area contributed by atoms with E-state index in [1.165, 1.54) is 21.1 Å². The van der Waals surface area contributed by atoms with Crippen LogP contribution in [0.25, 0.3) is 16.7 Å². The third-order valence-electron chi connectivity index (χ3n) is 5.83. The van der Waals surface area contributed by atoms with Crippen LogP contribution in [-0.4, -0.2) is 36.5 Å². The van der Waals surface area contributed by atoms with Gasteiger partial charge in [0, 0.05) is 28.7 Å². The first-order chi connectivity index (χ1) is 17.1. The molecule has 0 radical (unpaired) electrons. The van der Waals surface area contributed by atoms with E-state index in [-0.39, 0.29) is 46.5 Å². The predicted molar refractivity (Wildman–Crippen MR) is 139 cm³/mol. The van der Waals surface area contributed by atoms with Crippen LogP contribution in [0.4, 0.5) is 0 Å². The molecule has 36 heavy (non-hydrogen) atoms. The fraction of sp³-hybridized carbons (Fsp3) is 0.346. The Labute approximate surface area is 212 Å². The minimum Gasteiger partial charge on any atom is -0.350 e. The number of ketones is 1. The molecule has 0 bridgehead atoms. The van der Waals surface area contributed by atoms with Crippen molar-refractivity contribution in [2.45, 2.75) is 53.2 Å². The van der Waals surface area contributed by atoms with Gasteiger partial charge >= 0.3 is 5.69 Å². The summed E-state index contributed by atoms with van der Waals surface area (Å²) in [6.45, 7) is 7.79. The second kappa shape index (κ2) is 10.1. The van der Waals surface area contributed by atoms with Crippen molar-refractivity contribution in [3.05, 3.63) is 79.5 Å². The van der Waals surface area contributed by atoms with Crippen LogP contribution in [0.1, 0.15) is 54.8 Å². The highest BCUT2D eigenvalue weighted by Gasteiger charge is 2.21. The largest absolute Gasteiger partial charge is 0.352 e. The zero-order valence-corrected chi connectivity index (χ0v) is 21.4. The number of hydrogen-bond donors (Lipinski definition) is 1. The van der Waals surface area contributed by atoms with Crippen LogP contribution in [0.3, 0.4) is 0 Å². The molecule has 0 spiro atoms. The van der Waals surface area contributed by atoms with Gasteiger partial charge in [0.05, 0.1) is 10.9 Å². The first kappa shape index (κ1) is 25.4. The van der Waals surface area contributed by atoms with Gasteiger partial charge in [-0.05, 0) is 56.5 Å². The summed E-state index contributed by atoms with van der Waals surface area (Å²) in [5, 5.41) is 7.89. The smallest absolute Gasteiger partial charge is 0.350 e. The molecule has 0 aliphatic rings. The summed E-state index contributed by atoms with van der Waals surface area (Å²) in [5.41, 5.74) is 0.0312. The molecule has 4 rings (SSSR count). The lowest BCUT2D eigenvalue weighted by molar-refractivity contribution is 0.0940. The molecule has 0 fully saturated rings. The molecule has 0 aliphatic heterocycles. The van der Waals surface area contributed by atoms with Crippen LogP contribution < -0.4 is 16.6 Å². The number of rotatable bonds is 8. The number of aromatic nitrogens is 4. The van der Waals surface area contributed by atoms with Crippen molar-refractivity contribution >= 4 is 40.0 Å². The van der Waals surface area contributed by atoms with Crippen LogP contribution in [0, 0.1) is 5.92 Å². The number of halogens is 1. The molecule has 0 aliphatic carbocycles. The molecule has 2 aromatic carbocycles. The van der Waals surface area contributed by atoms with Gasteiger partial charge < -0.3 is 5.32 Å². The number of nitrogens with zero attached hydrogens (tertiary/aromatic N) is 4. The summed E-state index contributed by atoms with van der Waals surface area (Å²) in [4.78, 5) is 52.4. The Morgan fingerprint density at radius 2 is 1.78 bits per heavy atom. The van der Waals surface area contributed by atoms with Crippen molar-refractivity contribution < 1.29 is 9.59 Å². The lowest BCUT2D eigenvalue weighted by Gasteiger charge is -2.12. The van der Waals surface area contributed by atoms with Crippen LogP contribution in [0.5, 0.6) is 0 Å². The van der Waals surface area contributed by atoms with E-state index in [0.717, 1.165) is 4.68 Å². The fourth-order valence-corrected chi connectivity index (χ4v) is 4.17. The summed E-state index contributed by atoms with van der Waals surface area (Å²) >= 11 is 6.01. The molecule has 2 aromatic heterocycles. The van der Waals surface area contributed by atoms with Crippen molar-refractivity contribution in [3.63, 3.8) is 0 Å². The number of nitrogens with one attached hydrogen (secondary N) is 1. The van der Waals surface area contributed by atoms with Gasteiger partial charge in [-0.25, -0.2) is 13.9 Å². The molecule has 0 unspecified atom stereocenters. The number of carbonyl (C=O) groups excluding carboxylic acids is 2. The summed E-state index contributed by atoms with van der Waals surface area (Å²) in [5.74, 6) is -0.229. The molecule has 0 atom stereocenters. The maximum Gasteiger partial charge on any atom is 0.352 e. The van der Waals surface area contributed by atoms with Gasteiger partial charge in [-0.2, -0.15) is 0 Å². The minimum atomic E-state index is -0.579. The van der Waals surface area contributed by atoms with Crippen molar-refractivity contribution in [1.82, 2.24) is 24.1 Å². The SMILES string of the molecule is CC(C)CCn1c(=O)c2ccc(C(=O)NC(C)C)cc2n2c(=O)n(CC(=O)c3cccc(Cl)c3)nc12. The van der Waals surface area contributed by atoms with Crippen molar-refractivity contribution in [2.75, 3.05) is 0 Å². The number of fused-ring (bicyclic) bond motifs is 3. The van der Waals surface area contributed by atoms with E-state index in [1.54, 1.807) is 30.3 Å². The highest BCUT2D eigenvalue weighted by atomic mass is 35.5. The third kappa shape index (κ3) is 4.97. The molecule has 9 nitrogen and oxygen atoms in total. The number of benzene rings is 2. The van der Waals surface area contributed by atoms with E-state index >= 15 is 0 Å². The quantitative estimate of drug-likeness (QED) is 0.366. The summed E-state index contributed by atoms with van der Waals surface area (Å²) in [6, 6.07) is 11.0. The first-order valence-electron chi connectivity index (χ1n) is 11.8. The number of amides is 1. The number of carbonyl (C=O) groups is 2. The van der Waals surface area contributed by atoms with Gasteiger partial charge in [0.1, 0.15) is 6.54 Å². The molecule has 0 saturated heterocycles. The third-order valence-corrected chi connectivity index (χ3v) is 6.06. The average Bonchev–Trinajstić information content (AvgIpc) is 3.13. The van der Waals surface area contributed by atoms with E-state index in [4.69, 9.17) is 11.6 Å². The van der Waals surface area contributed by atoms with Gasteiger partial charge in [-0.3, -0.25) is 19.0 Å². The zero-order chi connectivity index (χ0) is 26.1. The van der Waals surface area contributed by atoms with Crippen molar-refractivity contribution in [1.29, 1.82) is 0 Å². The fourth-order valence-electron chi connectivity index (χ4n) is 3.98. The standard InChI is InChI=1S/C26H28ClN5O4/c1-15(2)10-11-30-24(35)20-9-8-18(23(34)28-16(3)4)13-21(20)32-25(30)29-31(26(32)36)14-22(33)17-6-5-7-19(27)12-17/h5-9,12-13,15-16H,10-11,14H2,1-4H3,(H,28,34). The molecule has 10 heteroatoms. The Hall–Kier alpha value is -3.72.